The fourth-order valence-corrected chi connectivity index (χ4v) is 3.49. The SMILES string of the molecule is COc1ccc(CNC(=O)c2cc(-c3nnn[nH]3)cc(-c3ccccc3OC)c2)cc1OC. The molecule has 0 unspecified atom stereocenters. The standard InChI is InChI=1S/C24H23N5O4/c1-31-20-7-5-4-6-19(20)16-11-17(23-26-28-29-27-23)13-18(12-16)24(30)25-14-15-8-9-21(32-2)22(10-15)33-3/h4-13H,14H2,1-3H3,(H,25,30)(H,26,27,28,29). The fraction of sp³-hybridized carbons (Fsp3) is 0.167. The number of ether oxygens (including phenoxy) is 3. The average Bonchev–Trinajstić information content (AvgIpc) is 3.42. The first kappa shape index (κ1) is 21.8. The van der Waals surface area contributed by atoms with Crippen molar-refractivity contribution in [1.29, 1.82) is 0 Å². The first-order valence-electron chi connectivity index (χ1n) is 10.1. The van der Waals surface area contributed by atoms with Crippen LogP contribution in [0.4, 0.5) is 0 Å². The summed E-state index contributed by atoms with van der Waals surface area (Å²) in [4.78, 5) is 13.1. The van der Waals surface area contributed by atoms with Crippen molar-refractivity contribution >= 4 is 5.91 Å². The second-order valence-electron chi connectivity index (χ2n) is 7.12. The highest BCUT2D eigenvalue weighted by atomic mass is 16.5. The van der Waals surface area contributed by atoms with E-state index >= 15 is 0 Å². The molecule has 1 amide bonds. The monoisotopic (exact) mass is 445 g/mol. The Bertz CT molecular complexity index is 1260. The summed E-state index contributed by atoms with van der Waals surface area (Å²) in [5.41, 5.74) is 3.67. The maximum absolute atomic E-state index is 13.1. The molecule has 1 heterocycles. The zero-order valence-corrected chi connectivity index (χ0v) is 18.5. The molecule has 1 aromatic heterocycles. The highest BCUT2D eigenvalue weighted by molar-refractivity contribution is 5.97. The number of H-pyrrole nitrogens is 1. The minimum absolute atomic E-state index is 0.241. The van der Waals surface area contributed by atoms with Crippen molar-refractivity contribution in [3.8, 4) is 39.8 Å². The summed E-state index contributed by atoms with van der Waals surface area (Å²) in [6, 6.07) is 18.6. The number of hydrogen-bond donors (Lipinski definition) is 2. The van der Waals surface area contributed by atoms with Gasteiger partial charge < -0.3 is 19.5 Å². The summed E-state index contributed by atoms with van der Waals surface area (Å²) in [5, 5.41) is 17.0. The molecule has 33 heavy (non-hydrogen) atoms. The lowest BCUT2D eigenvalue weighted by Crippen LogP contribution is -2.23. The number of methoxy groups -OCH3 is 3. The molecule has 0 atom stereocenters. The minimum atomic E-state index is -0.241. The maximum atomic E-state index is 13.1. The predicted octanol–water partition coefficient (Wildman–Crippen LogP) is 3.49. The molecule has 0 fully saturated rings. The zero-order valence-electron chi connectivity index (χ0n) is 18.5. The lowest BCUT2D eigenvalue weighted by Gasteiger charge is -2.13. The van der Waals surface area contributed by atoms with Crippen LogP contribution < -0.4 is 19.5 Å². The Labute approximate surface area is 190 Å². The van der Waals surface area contributed by atoms with Gasteiger partial charge in [-0.1, -0.05) is 24.3 Å². The normalized spacial score (nSPS) is 10.5. The summed E-state index contributed by atoms with van der Waals surface area (Å²) in [6.07, 6.45) is 0. The van der Waals surface area contributed by atoms with Crippen LogP contribution in [0.1, 0.15) is 15.9 Å². The van der Waals surface area contributed by atoms with Gasteiger partial charge in [-0.05, 0) is 58.0 Å². The first-order chi connectivity index (χ1) is 16.1. The van der Waals surface area contributed by atoms with Crippen LogP contribution in [0.15, 0.2) is 60.7 Å². The van der Waals surface area contributed by atoms with Crippen molar-refractivity contribution in [2.24, 2.45) is 0 Å². The van der Waals surface area contributed by atoms with E-state index < -0.39 is 0 Å². The van der Waals surface area contributed by atoms with Crippen molar-refractivity contribution in [1.82, 2.24) is 25.9 Å². The van der Waals surface area contributed by atoms with E-state index in [1.54, 1.807) is 33.5 Å². The molecule has 0 radical (unpaired) electrons. The number of amides is 1. The van der Waals surface area contributed by atoms with Gasteiger partial charge in [0.15, 0.2) is 17.3 Å². The van der Waals surface area contributed by atoms with Crippen LogP contribution in [0, 0.1) is 0 Å². The minimum Gasteiger partial charge on any atom is -0.496 e. The number of aromatic amines is 1. The molecular weight excluding hydrogens is 422 g/mol. The Hall–Kier alpha value is -4.40. The van der Waals surface area contributed by atoms with Crippen LogP contribution in [0.3, 0.4) is 0 Å². The van der Waals surface area contributed by atoms with Crippen LogP contribution >= 0.6 is 0 Å². The van der Waals surface area contributed by atoms with Gasteiger partial charge in [0.2, 0.25) is 0 Å². The maximum Gasteiger partial charge on any atom is 0.251 e. The Morgan fingerprint density at radius 2 is 1.64 bits per heavy atom. The molecule has 0 aliphatic rings. The van der Waals surface area contributed by atoms with Crippen molar-refractivity contribution < 1.29 is 19.0 Å². The van der Waals surface area contributed by atoms with Gasteiger partial charge in [0.05, 0.1) is 21.3 Å². The number of tetrazole rings is 1. The molecule has 9 heteroatoms. The third-order valence-electron chi connectivity index (χ3n) is 5.13. The number of carbonyl (C=O) groups is 1. The van der Waals surface area contributed by atoms with E-state index in [1.165, 1.54) is 0 Å². The molecule has 4 aromatic rings. The number of hydrogen-bond acceptors (Lipinski definition) is 7. The lowest BCUT2D eigenvalue weighted by molar-refractivity contribution is 0.0951. The number of aromatic nitrogens is 4. The topological polar surface area (TPSA) is 111 Å². The van der Waals surface area contributed by atoms with Crippen LogP contribution in [-0.2, 0) is 6.54 Å². The van der Waals surface area contributed by atoms with Gasteiger partial charge in [-0.3, -0.25) is 4.79 Å². The number of benzene rings is 3. The molecule has 0 saturated carbocycles. The fourth-order valence-electron chi connectivity index (χ4n) is 3.49. The highest BCUT2D eigenvalue weighted by Gasteiger charge is 2.15. The lowest BCUT2D eigenvalue weighted by atomic mass is 9.98. The smallest absolute Gasteiger partial charge is 0.251 e. The average molecular weight is 445 g/mol. The zero-order chi connectivity index (χ0) is 23.2. The molecule has 168 valence electrons. The van der Waals surface area contributed by atoms with Crippen LogP contribution in [0.25, 0.3) is 22.5 Å². The van der Waals surface area contributed by atoms with E-state index in [9.17, 15) is 4.79 Å². The van der Waals surface area contributed by atoms with Gasteiger partial charge in [-0.25, -0.2) is 5.10 Å². The highest BCUT2D eigenvalue weighted by Crippen LogP contribution is 2.33. The van der Waals surface area contributed by atoms with E-state index in [-0.39, 0.29) is 5.91 Å². The Morgan fingerprint density at radius 1 is 0.879 bits per heavy atom. The summed E-state index contributed by atoms with van der Waals surface area (Å²) in [7, 11) is 4.76. The quantitative estimate of drug-likeness (QED) is 0.427. The number of carbonyl (C=O) groups excluding carboxylic acids is 1. The van der Waals surface area contributed by atoms with Crippen molar-refractivity contribution in [3.05, 3.63) is 71.8 Å². The number of nitrogens with zero attached hydrogens (tertiary/aromatic N) is 3. The van der Waals surface area contributed by atoms with Crippen molar-refractivity contribution in [2.45, 2.75) is 6.54 Å². The van der Waals surface area contributed by atoms with Crippen molar-refractivity contribution in [2.75, 3.05) is 21.3 Å². The van der Waals surface area contributed by atoms with Gasteiger partial charge in [0, 0.05) is 23.2 Å². The van der Waals surface area contributed by atoms with Gasteiger partial charge in [0.25, 0.3) is 5.91 Å². The number of nitrogens with one attached hydrogen (secondary N) is 2. The largest absolute Gasteiger partial charge is 0.496 e. The van der Waals surface area contributed by atoms with Gasteiger partial charge >= 0.3 is 0 Å². The third-order valence-corrected chi connectivity index (χ3v) is 5.13. The molecule has 0 saturated heterocycles. The van der Waals surface area contributed by atoms with Crippen molar-refractivity contribution in [3.63, 3.8) is 0 Å². The molecule has 4 rings (SSSR count). The van der Waals surface area contributed by atoms with Crippen LogP contribution in [-0.4, -0.2) is 47.9 Å². The van der Waals surface area contributed by atoms with Gasteiger partial charge in [-0.2, -0.15) is 0 Å². The molecule has 2 N–H and O–H groups in total. The van der Waals surface area contributed by atoms with Gasteiger partial charge in [0.1, 0.15) is 5.75 Å². The number of rotatable bonds is 8. The Kier molecular flexibility index (Phi) is 6.49. The van der Waals surface area contributed by atoms with E-state index in [2.05, 4.69) is 25.9 Å². The van der Waals surface area contributed by atoms with E-state index in [1.807, 2.05) is 48.5 Å². The van der Waals surface area contributed by atoms with E-state index in [0.717, 1.165) is 16.7 Å². The predicted molar refractivity (Wildman–Crippen MR) is 122 cm³/mol. The molecule has 9 nitrogen and oxygen atoms in total. The van der Waals surface area contributed by atoms with Crippen LogP contribution in [0.5, 0.6) is 17.2 Å². The molecule has 3 aromatic carbocycles. The van der Waals surface area contributed by atoms with E-state index in [0.29, 0.717) is 40.7 Å². The van der Waals surface area contributed by atoms with E-state index in [4.69, 9.17) is 14.2 Å². The first-order valence-corrected chi connectivity index (χ1v) is 10.1. The summed E-state index contributed by atoms with van der Waals surface area (Å²) in [5.74, 6) is 2.14. The van der Waals surface area contributed by atoms with Gasteiger partial charge in [-0.15, -0.1) is 5.10 Å². The number of para-hydroxylation sites is 1. The summed E-state index contributed by atoms with van der Waals surface area (Å²) < 4.78 is 16.1. The van der Waals surface area contributed by atoms with Crippen LogP contribution in [0.2, 0.25) is 0 Å². The second-order valence-corrected chi connectivity index (χ2v) is 7.12. The molecule has 0 bridgehead atoms. The Morgan fingerprint density at radius 3 is 2.36 bits per heavy atom. The molecule has 0 aliphatic carbocycles. The molecular formula is C24H23N5O4. The molecule has 0 aliphatic heterocycles. The Balaban J connectivity index is 1.65. The molecule has 0 spiro atoms. The third kappa shape index (κ3) is 4.77. The summed E-state index contributed by atoms with van der Waals surface area (Å²) in [6.45, 7) is 0.317. The summed E-state index contributed by atoms with van der Waals surface area (Å²) >= 11 is 0. The second kappa shape index (κ2) is 9.82.